The summed E-state index contributed by atoms with van der Waals surface area (Å²) in [6, 6.07) is 0.552. The molecule has 2 rings (SSSR count). The van der Waals surface area contributed by atoms with Gasteiger partial charge in [-0.25, -0.2) is 9.67 Å². The standard InChI is InChI=1S/C15H29N5/c1-4-9-20-15(17-12-18-20)11-19(13(2)3)10-14-5-7-16-8-6-14/h12-14,16H,4-11H2,1-3H3. The van der Waals surface area contributed by atoms with Crippen LogP contribution in [0.1, 0.15) is 45.9 Å². The fraction of sp³-hybridized carbons (Fsp3) is 0.867. The van der Waals surface area contributed by atoms with Crippen molar-refractivity contribution in [1.82, 2.24) is 25.0 Å². The van der Waals surface area contributed by atoms with Gasteiger partial charge in [0.05, 0.1) is 6.54 Å². The van der Waals surface area contributed by atoms with Gasteiger partial charge in [-0.1, -0.05) is 6.92 Å². The van der Waals surface area contributed by atoms with Crippen molar-refractivity contribution in [3.63, 3.8) is 0 Å². The summed E-state index contributed by atoms with van der Waals surface area (Å²) in [5, 5.41) is 7.78. The summed E-state index contributed by atoms with van der Waals surface area (Å²) in [6.07, 6.45) is 5.39. The van der Waals surface area contributed by atoms with E-state index >= 15 is 0 Å². The molecule has 20 heavy (non-hydrogen) atoms. The van der Waals surface area contributed by atoms with Gasteiger partial charge in [-0.15, -0.1) is 0 Å². The van der Waals surface area contributed by atoms with Crippen LogP contribution in [0.3, 0.4) is 0 Å². The summed E-state index contributed by atoms with van der Waals surface area (Å²) >= 11 is 0. The highest BCUT2D eigenvalue weighted by atomic mass is 15.3. The summed E-state index contributed by atoms with van der Waals surface area (Å²) in [4.78, 5) is 7.00. The van der Waals surface area contributed by atoms with Crippen molar-refractivity contribution in [3.8, 4) is 0 Å². The second-order valence-corrected chi connectivity index (χ2v) is 6.12. The molecular formula is C15H29N5. The highest BCUT2D eigenvalue weighted by Crippen LogP contribution is 2.16. The normalized spacial score (nSPS) is 17.2. The number of piperidine rings is 1. The Bertz CT molecular complexity index is 381. The zero-order valence-electron chi connectivity index (χ0n) is 13.2. The number of hydrogen-bond donors (Lipinski definition) is 1. The minimum absolute atomic E-state index is 0.552. The SMILES string of the molecule is CCCn1ncnc1CN(CC1CCNCC1)C(C)C. The largest absolute Gasteiger partial charge is 0.317 e. The maximum absolute atomic E-state index is 4.45. The van der Waals surface area contributed by atoms with Crippen molar-refractivity contribution < 1.29 is 0 Å². The van der Waals surface area contributed by atoms with E-state index < -0.39 is 0 Å². The smallest absolute Gasteiger partial charge is 0.141 e. The number of aryl methyl sites for hydroxylation is 1. The first-order valence-corrected chi connectivity index (χ1v) is 8.02. The zero-order valence-corrected chi connectivity index (χ0v) is 13.2. The number of nitrogens with one attached hydrogen (secondary N) is 1. The van der Waals surface area contributed by atoms with Crippen LogP contribution in [0.4, 0.5) is 0 Å². The Labute approximate surface area is 122 Å². The Morgan fingerprint density at radius 1 is 1.40 bits per heavy atom. The molecule has 1 N–H and O–H groups in total. The van der Waals surface area contributed by atoms with Crippen LogP contribution < -0.4 is 5.32 Å². The molecule has 1 saturated heterocycles. The van der Waals surface area contributed by atoms with E-state index in [0.717, 1.165) is 31.3 Å². The fourth-order valence-electron chi connectivity index (χ4n) is 2.84. The van der Waals surface area contributed by atoms with Crippen LogP contribution in [-0.2, 0) is 13.1 Å². The Kier molecular flexibility index (Phi) is 5.98. The third-order valence-electron chi connectivity index (χ3n) is 4.16. The first-order chi connectivity index (χ1) is 9.70. The van der Waals surface area contributed by atoms with Gasteiger partial charge in [0.2, 0.25) is 0 Å². The van der Waals surface area contributed by atoms with Crippen LogP contribution in [0, 0.1) is 5.92 Å². The van der Waals surface area contributed by atoms with Crippen molar-refractivity contribution in [3.05, 3.63) is 12.2 Å². The van der Waals surface area contributed by atoms with Gasteiger partial charge in [-0.05, 0) is 52.1 Å². The van der Waals surface area contributed by atoms with Crippen molar-refractivity contribution >= 4 is 0 Å². The van der Waals surface area contributed by atoms with Gasteiger partial charge in [-0.2, -0.15) is 5.10 Å². The molecule has 0 unspecified atom stereocenters. The zero-order chi connectivity index (χ0) is 14.4. The van der Waals surface area contributed by atoms with Crippen LogP contribution in [0.15, 0.2) is 6.33 Å². The lowest BCUT2D eigenvalue weighted by Gasteiger charge is -2.32. The third-order valence-corrected chi connectivity index (χ3v) is 4.16. The van der Waals surface area contributed by atoms with Crippen molar-refractivity contribution in [2.24, 2.45) is 5.92 Å². The van der Waals surface area contributed by atoms with Crippen LogP contribution in [-0.4, -0.2) is 45.3 Å². The molecule has 5 heteroatoms. The lowest BCUT2D eigenvalue weighted by atomic mass is 9.97. The van der Waals surface area contributed by atoms with E-state index in [1.54, 1.807) is 6.33 Å². The maximum atomic E-state index is 4.45. The molecule has 0 atom stereocenters. The average molecular weight is 279 g/mol. The average Bonchev–Trinajstić information content (AvgIpc) is 2.87. The fourth-order valence-corrected chi connectivity index (χ4v) is 2.84. The van der Waals surface area contributed by atoms with Gasteiger partial charge in [0.1, 0.15) is 12.2 Å². The summed E-state index contributed by atoms with van der Waals surface area (Å²) in [6.45, 7) is 12.1. The van der Waals surface area contributed by atoms with Gasteiger partial charge >= 0.3 is 0 Å². The monoisotopic (exact) mass is 279 g/mol. The molecule has 0 aromatic carbocycles. The van der Waals surface area contributed by atoms with Crippen LogP contribution in [0.2, 0.25) is 0 Å². The molecule has 1 fully saturated rings. The summed E-state index contributed by atoms with van der Waals surface area (Å²) in [5.74, 6) is 1.93. The summed E-state index contributed by atoms with van der Waals surface area (Å²) < 4.78 is 2.05. The first kappa shape index (κ1) is 15.4. The van der Waals surface area contributed by atoms with Gasteiger partial charge in [0, 0.05) is 19.1 Å². The molecule has 0 bridgehead atoms. The number of nitrogens with zero attached hydrogens (tertiary/aromatic N) is 4. The quantitative estimate of drug-likeness (QED) is 0.828. The molecule has 1 aliphatic heterocycles. The van der Waals surface area contributed by atoms with E-state index in [0.29, 0.717) is 6.04 Å². The Morgan fingerprint density at radius 3 is 2.80 bits per heavy atom. The second kappa shape index (κ2) is 7.74. The Balaban J connectivity index is 1.95. The van der Waals surface area contributed by atoms with Crippen LogP contribution in [0.25, 0.3) is 0 Å². The second-order valence-electron chi connectivity index (χ2n) is 6.12. The summed E-state index contributed by atoms with van der Waals surface area (Å²) in [5.41, 5.74) is 0. The van der Waals surface area contributed by atoms with Gasteiger partial charge in [0.15, 0.2) is 0 Å². The highest BCUT2D eigenvalue weighted by molar-refractivity contribution is 4.86. The minimum Gasteiger partial charge on any atom is -0.317 e. The van der Waals surface area contributed by atoms with Crippen molar-refractivity contribution in [1.29, 1.82) is 0 Å². The molecular weight excluding hydrogens is 250 g/mol. The minimum atomic E-state index is 0.552. The molecule has 0 aliphatic carbocycles. The third kappa shape index (κ3) is 4.28. The van der Waals surface area contributed by atoms with Gasteiger partial charge < -0.3 is 5.32 Å². The van der Waals surface area contributed by atoms with Crippen LogP contribution in [0.5, 0.6) is 0 Å². The number of aromatic nitrogens is 3. The van der Waals surface area contributed by atoms with Crippen LogP contribution >= 0.6 is 0 Å². The first-order valence-electron chi connectivity index (χ1n) is 8.02. The molecule has 2 heterocycles. The maximum Gasteiger partial charge on any atom is 0.141 e. The van der Waals surface area contributed by atoms with E-state index in [2.05, 4.69) is 45.8 Å². The summed E-state index contributed by atoms with van der Waals surface area (Å²) in [7, 11) is 0. The molecule has 1 aromatic heterocycles. The molecule has 1 aromatic rings. The van der Waals surface area contributed by atoms with E-state index in [-0.39, 0.29) is 0 Å². The van der Waals surface area contributed by atoms with E-state index in [1.165, 1.54) is 32.5 Å². The van der Waals surface area contributed by atoms with E-state index in [4.69, 9.17) is 0 Å². The van der Waals surface area contributed by atoms with E-state index in [1.807, 2.05) is 0 Å². The molecule has 1 aliphatic rings. The lowest BCUT2D eigenvalue weighted by Crippen LogP contribution is -2.39. The predicted molar refractivity (Wildman–Crippen MR) is 81.5 cm³/mol. The predicted octanol–water partition coefficient (Wildman–Crippen LogP) is 1.90. The molecule has 0 radical (unpaired) electrons. The molecule has 5 nitrogen and oxygen atoms in total. The molecule has 0 spiro atoms. The Morgan fingerprint density at radius 2 is 2.15 bits per heavy atom. The van der Waals surface area contributed by atoms with Gasteiger partial charge in [-0.3, -0.25) is 4.90 Å². The number of hydrogen-bond acceptors (Lipinski definition) is 4. The Hall–Kier alpha value is -0.940. The van der Waals surface area contributed by atoms with Crippen molar-refractivity contribution in [2.75, 3.05) is 19.6 Å². The molecule has 0 amide bonds. The topological polar surface area (TPSA) is 46.0 Å². The van der Waals surface area contributed by atoms with Crippen molar-refractivity contribution in [2.45, 2.75) is 59.2 Å². The molecule has 0 saturated carbocycles. The highest BCUT2D eigenvalue weighted by Gasteiger charge is 2.20. The number of rotatable bonds is 7. The lowest BCUT2D eigenvalue weighted by molar-refractivity contribution is 0.155. The van der Waals surface area contributed by atoms with Gasteiger partial charge in [0.25, 0.3) is 0 Å². The molecule has 114 valence electrons. The van der Waals surface area contributed by atoms with E-state index in [9.17, 15) is 0 Å².